The van der Waals surface area contributed by atoms with Crippen LogP contribution in [-0.2, 0) is 9.30 Å². The first-order valence-electron chi connectivity index (χ1n) is 2.86. The van der Waals surface area contributed by atoms with Crippen LogP contribution in [0.25, 0.3) is 0 Å². The van der Waals surface area contributed by atoms with Crippen molar-refractivity contribution in [3.05, 3.63) is 0 Å². The van der Waals surface area contributed by atoms with E-state index in [0.717, 1.165) is 13.2 Å². The van der Waals surface area contributed by atoms with Gasteiger partial charge in [0.05, 0.1) is 0 Å². The zero-order chi connectivity index (χ0) is 8.04. The summed E-state index contributed by atoms with van der Waals surface area (Å²) in [5.41, 5.74) is 0. The molecule has 1 saturated heterocycles. The topological polar surface area (TPSA) is 118 Å². The van der Waals surface area contributed by atoms with E-state index in [1.165, 1.54) is 12.8 Å². The molecule has 7 heteroatoms. The molecule has 0 bridgehead atoms. The van der Waals surface area contributed by atoms with Gasteiger partial charge in [-0.1, -0.05) is 0 Å². The summed E-state index contributed by atoms with van der Waals surface area (Å²) < 4.78 is 13.8. The van der Waals surface area contributed by atoms with Crippen molar-refractivity contribution in [3.8, 4) is 0 Å². The molecule has 0 aromatic carbocycles. The Bertz CT molecular complexity index is 99.9. The molecule has 1 rings (SSSR count). The third kappa shape index (κ3) is 25.6. The van der Waals surface area contributed by atoms with E-state index >= 15 is 0 Å². The molecule has 0 aromatic heterocycles. The van der Waals surface area contributed by atoms with E-state index in [2.05, 4.69) is 0 Å². The summed E-state index contributed by atoms with van der Waals surface area (Å²) in [6.45, 7) is 2.00. The summed E-state index contributed by atoms with van der Waals surface area (Å²) in [4.78, 5) is 21.6. The molecule has 1 heterocycles. The first kappa shape index (κ1) is 13.6. The maximum absolute atomic E-state index is 8.88. The Balaban J connectivity index is 0. The zero-order valence-corrected chi connectivity index (χ0v) is 6.83. The lowest BCUT2D eigenvalue weighted by atomic mass is 10.4. The molecule has 11 heavy (non-hydrogen) atoms. The van der Waals surface area contributed by atoms with Crippen molar-refractivity contribution in [2.75, 3.05) is 13.2 Å². The molecular formula is C4H13O6P. The van der Waals surface area contributed by atoms with Gasteiger partial charge in [-0.15, -0.1) is 0 Å². The van der Waals surface area contributed by atoms with Crippen molar-refractivity contribution in [1.82, 2.24) is 0 Å². The van der Waals surface area contributed by atoms with Gasteiger partial charge in [-0.3, -0.25) is 0 Å². The molecule has 6 nitrogen and oxygen atoms in total. The third-order valence-corrected chi connectivity index (χ3v) is 0.827. The minimum absolute atomic E-state index is 0. The van der Waals surface area contributed by atoms with Gasteiger partial charge in [0.25, 0.3) is 0 Å². The average molecular weight is 188 g/mol. The summed E-state index contributed by atoms with van der Waals surface area (Å²) in [5, 5.41) is 0. The fraction of sp³-hybridized carbons (Fsp3) is 1.00. The van der Waals surface area contributed by atoms with Crippen molar-refractivity contribution in [2.45, 2.75) is 12.8 Å². The van der Waals surface area contributed by atoms with Crippen LogP contribution in [0.15, 0.2) is 0 Å². The lowest BCUT2D eigenvalue weighted by Crippen LogP contribution is -1.74. The zero-order valence-electron chi connectivity index (χ0n) is 5.93. The normalized spacial score (nSPS) is 16.3. The van der Waals surface area contributed by atoms with E-state index in [0.29, 0.717) is 0 Å². The van der Waals surface area contributed by atoms with E-state index < -0.39 is 7.82 Å². The van der Waals surface area contributed by atoms with Crippen LogP contribution < -0.4 is 0 Å². The summed E-state index contributed by atoms with van der Waals surface area (Å²) in [6, 6.07) is 0. The summed E-state index contributed by atoms with van der Waals surface area (Å²) in [6.07, 6.45) is 2.56. The van der Waals surface area contributed by atoms with Crippen molar-refractivity contribution in [2.24, 2.45) is 0 Å². The Morgan fingerprint density at radius 2 is 1.36 bits per heavy atom. The monoisotopic (exact) mass is 188 g/mol. The molecule has 0 aliphatic carbocycles. The molecule has 1 aliphatic rings. The second-order valence-corrected chi connectivity index (χ2v) is 2.86. The van der Waals surface area contributed by atoms with Gasteiger partial charge in [0.2, 0.25) is 0 Å². The predicted octanol–water partition coefficient (Wildman–Crippen LogP) is -0.956. The Morgan fingerprint density at radius 3 is 1.45 bits per heavy atom. The van der Waals surface area contributed by atoms with Crippen LogP contribution in [0.3, 0.4) is 0 Å². The van der Waals surface area contributed by atoms with Crippen molar-refractivity contribution in [1.29, 1.82) is 0 Å². The van der Waals surface area contributed by atoms with Crippen LogP contribution >= 0.6 is 7.82 Å². The second kappa shape index (κ2) is 6.72. The average Bonchev–Trinajstić information content (AvgIpc) is 2.07. The molecule has 0 spiro atoms. The van der Waals surface area contributed by atoms with E-state index in [9.17, 15) is 0 Å². The van der Waals surface area contributed by atoms with Gasteiger partial charge < -0.3 is 24.9 Å². The fourth-order valence-corrected chi connectivity index (χ4v) is 0.510. The molecular weight excluding hydrogens is 175 g/mol. The van der Waals surface area contributed by atoms with Gasteiger partial charge in [-0.2, -0.15) is 0 Å². The van der Waals surface area contributed by atoms with Crippen LogP contribution in [0.5, 0.6) is 0 Å². The van der Waals surface area contributed by atoms with Gasteiger partial charge in [-0.05, 0) is 12.8 Å². The molecule has 0 saturated carbocycles. The van der Waals surface area contributed by atoms with Gasteiger partial charge >= 0.3 is 7.82 Å². The number of hydrogen-bond donors (Lipinski definition) is 3. The number of rotatable bonds is 0. The lowest BCUT2D eigenvalue weighted by molar-refractivity contribution is 0.198. The number of phosphoric acid groups is 1. The second-order valence-electron chi connectivity index (χ2n) is 1.83. The smallest absolute Gasteiger partial charge is 0.412 e. The van der Waals surface area contributed by atoms with Gasteiger partial charge in [-0.25, -0.2) is 4.57 Å². The maximum atomic E-state index is 8.88. The van der Waals surface area contributed by atoms with Crippen LogP contribution in [0.2, 0.25) is 0 Å². The summed E-state index contributed by atoms with van der Waals surface area (Å²) >= 11 is 0. The highest BCUT2D eigenvalue weighted by Crippen LogP contribution is 2.25. The quantitative estimate of drug-likeness (QED) is 0.423. The summed E-state index contributed by atoms with van der Waals surface area (Å²) in [7, 11) is -4.64. The fourth-order valence-electron chi connectivity index (χ4n) is 0.510. The first-order valence-corrected chi connectivity index (χ1v) is 4.43. The van der Waals surface area contributed by atoms with Crippen LogP contribution in [0.4, 0.5) is 0 Å². The molecule has 0 aromatic rings. The maximum Gasteiger partial charge on any atom is 0.466 e. The van der Waals surface area contributed by atoms with Gasteiger partial charge in [0.15, 0.2) is 0 Å². The molecule has 0 radical (unpaired) electrons. The Morgan fingerprint density at radius 1 is 1.09 bits per heavy atom. The Hall–Kier alpha value is 0.0300. The van der Waals surface area contributed by atoms with E-state index in [4.69, 9.17) is 24.0 Å². The minimum atomic E-state index is -4.64. The molecule has 1 fully saturated rings. The number of hydrogen-bond acceptors (Lipinski definition) is 2. The lowest BCUT2D eigenvalue weighted by Gasteiger charge is -1.82. The standard InChI is InChI=1S/C4H8O.H3O4P.H2O/c1-2-4-5-3-1;1-5(2,3)4;/h1-4H2;(H3,1,2,3,4);1H2. The van der Waals surface area contributed by atoms with Crippen LogP contribution in [-0.4, -0.2) is 33.4 Å². The summed E-state index contributed by atoms with van der Waals surface area (Å²) in [5.74, 6) is 0. The van der Waals surface area contributed by atoms with E-state index in [-0.39, 0.29) is 5.48 Å². The first-order chi connectivity index (χ1) is 4.50. The molecule has 70 valence electrons. The molecule has 0 amide bonds. The molecule has 5 N–H and O–H groups in total. The molecule has 0 unspecified atom stereocenters. The van der Waals surface area contributed by atoms with Crippen molar-refractivity contribution < 1.29 is 29.5 Å². The van der Waals surface area contributed by atoms with Crippen molar-refractivity contribution in [3.63, 3.8) is 0 Å². The van der Waals surface area contributed by atoms with E-state index in [1.807, 2.05) is 0 Å². The van der Waals surface area contributed by atoms with Crippen LogP contribution in [0, 0.1) is 0 Å². The van der Waals surface area contributed by atoms with Crippen LogP contribution in [0.1, 0.15) is 12.8 Å². The Labute approximate surface area is 64.4 Å². The largest absolute Gasteiger partial charge is 0.466 e. The Kier molecular flexibility index (Phi) is 8.32. The van der Waals surface area contributed by atoms with E-state index in [1.54, 1.807) is 0 Å². The van der Waals surface area contributed by atoms with Crippen molar-refractivity contribution >= 4 is 7.82 Å². The van der Waals surface area contributed by atoms with Gasteiger partial charge in [0.1, 0.15) is 0 Å². The van der Waals surface area contributed by atoms with Gasteiger partial charge in [0, 0.05) is 13.2 Å². The minimum Gasteiger partial charge on any atom is -0.412 e. The predicted molar refractivity (Wildman–Crippen MR) is 37.9 cm³/mol. The molecule has 1 aliphatic heterocycles. The highest BCUT2D eigenvalue weighted by molar-refractivity contribution is 7.45. The number of ether oxygens (including phenoxy) is 1. The molecule has 0 atom stereocenters. The SMILES string of the molecule is C1CCOC1.O.O=P(O)(O)O. The highest BCUT2D eigenvalue weighted by atomic mass is 31.2. The third-order valence-electron chi connectivity index (χ3n) is 0.827. The highest BCUT2D eigenvalue weighted by Gasteiger charge is 2.00.